The predicted molar refractivity (Wildman–Crippen MR) is 133 cm³/mol. The van der Waals surface area contributed by atoms with Crippen LogP contribution in [0.5, 0.6) is 0 Å². The fraction of sp³-hybridized carbons (Fsp3) is 0.231. The Labute approximate surface area is 197 Å². The minimum absolute atomic E-state index is 0.0108. The van der Waals surface area contributed by atoms with E-state index in [1.165, 1.54) is 0 Å². The zero-order valence-corrected chi connectivity index (χ0v) is 18.8. The third kappa shape index (κ3) is 4.33. The van der Waals surface area contributed by atoms with Crippen molar-refractivity contribution in [1.29, 1.82) is 0 Å². The molecule has 1 saturated heterocycles. The quantitative estimate of drug-likeness (QED) is 0.434. The van der Waals surface area contributed by atoms with Gasteiger partial charge in [-0.25, -0.2) is 4.98 Å². The zero-order valence-electron chi connectivity index (χ0n) is 18.8. The Balaban J connectivity index is 1.41. The van der Waals surface area contributed by atoms with Gasteiger partial charge in [0.15, 0.2) is 0 Å². The minimum atomic E-state index is -0.547. The van der Waals surface area contributed by atoms with Gasteiger partial charge in [-0.2, -0.15) is 0 Å². The number of pyridine rings is 3. The summed E-state index contributed by atoms with van der Waals surface area (Å²) in [5.74, 6) is -0.311. The van der Waals surface area contributed by atoms with Crippen LogP contribution in [0.3, 0.4) is 0 Å². The van der Waals surface area contributed by atoms with Crippen LogP contribution in [0.1, 0.15) is 17.4 Å². The molecule has 0 aliphatic carbocycles. The number of piperidine rings is 1. The monoisotopic (exact) mass is 454 g/mol. The van der Waals surface area contributed by atoms with Gasteiger partial charge in [-0.1, -0.05) is 31.2 Å². The Kier molecular flexibility index (Phi) is 5.91. The van der Waals surface area contributed by atoms with Crippen LogP contribution in [0.4, 0.5) is 11.4 Å². The number of benzene rings is 1. The maximum absolute atomic E-state index is 13.1. The van der Waals surface area contributed by atoms with Gasteiger partial charge in [-0.05, 0) is 29.8 Å². The second-order valence-electron chi connectivity index (χ2n) is 8.73. The van der Waals surface area contributed by atoms with E-state index in [0.717, 1.165) is 27.7 Å². The molecule has 1 aliphatic rings. The van der Waals surface area contributed by atoms with E-state index >= 15 is 0 Å². The van der Waals surface area contributed by atoms with Gasteiger partial charge in [0.1, 0.15) is 5.69 Å². The van der Waals surface area contributed by atoms with Gasteiger partial charge in [-0.15, -0.1) is 0 Å². The summed E-state index contributed by atoms with van der Waals surface area (Å²) in [5, 5.41) is 14.1. The number of hydrogen-bond donors (Lipinski definition) is 3. The van der Waals surface area contributed by atoms with E-state index in [4.69, 9.17) is 5.73 Å². The van der Waals surface area contributed by atoms with Crippen molar-refractivity contribution < 1.29 is 9.90 Å². The fourth-order valence-electron chi connectivity index (χ4n) is 4.41. The van der Waals surface area contributed by atoms with Crippen LogP contribution < -0.4 is 16.0 Å². The van der Waals surface area contributed by atoms with Crippen LogP contribution in [0, 0.1) is 5.92 Å². The molecule has 3 atom stereocenters. The summed E-state index contributed by atoms with van der Waals surface area (Å²) in [6.07, 6.45) is 6.29. The lowest BCUT2D eigenvalue weighted by molar-refractivity contribution is 0.0785. The van der Waals surface area contributed by atoms with Crippen molar-refractivity contribution in [1.82, 2.24) is 15.0 Å². The number of nitrogens with two attached hydrogens (primary N) is 1. The number of amides is 1. The maximum atomic E-state index is 13.1. The molecule has 0 spiro atoms. The number of fused-ring (bicyclic) bond motifs is 1. The summed E-state index contributed by atoms with van der Waals surface area (Å²) >= 11 is 0. The molecule has 1 aromatic carbocycles. The molecule has 3 unspecified atom stereocenters. The van der Waals surface area contributed by atoms with Crippen LogP contribution in [-0.4, -0.2) is 51.2 Å². The number of carbonyl (C=O) groups excluding carboxylic acids is 1. The van der Waals surface area contributed by atoms with E-state index in [1.54, 1.807) is 30.9 Å². The summed E-state index contributed by atoms with van der Waals surface area (Å²) in [4.78, 5) is 28.2. The molecular weight excluding hydrogens is 428 g/mol. The van der Waals surface area contributed by atoms with Gasteiger partial charge in [0.2, 0.25) is 0 Å². The Morgan fingerprint density at radius 3 is 2.68 bits per heavy atom. The van der Waals surface area contributed by atoms with Crippen molar-refractivity contribution >= 4 is 28.2 Å². The molecule has 172 valence electrons. The van der Waals surface area contributed by atoms with E-state index in [2.05, 4.69) is 25.2 Å². The summed E-state index contributed by atoms with van der Waals surface area (Å²) in [7, 11) is 0. The topological polar surface area (TPSA) is 117 Å². The van der Waals surface area contributed by atoms with Crippen molar-refractivity contribution in [2.45, 2.75) is 19.1 Å². The predicted octanol–water partition coefficient (Wildman–Crippen LogP) is 3.09. The van der Waals surface area contributed by atoms with Gasteiger partial charge in [0.25, 0.3) is 5.91 Å². The molecule has 1 amide bonds. The first-order valence-corrected chi connectivity index (χ1v) is 11.2. The highest BCUT2D eigenvalue weighted by Crippen LogP contribution is 2.30. The first kappa shape index (κ1) is 21.9. The minimum Gasteiger partial charge on any atom is -0.391 e. The number of nitrogens with zero attached hydrogens (tertiary/aromatic N) is 4. The first-order valence-electron chi connectivity index (χ1n) is 11.2. The molecule has 3 aromatic heterocycles. The molecule has 4 N–H and O–H groups in total. The summed E-state index contributed by atoms with van der Waals surface area (Å²) in [6.45, 7) is 3.09. The second-order valence-corrected chi connectivity index (χ2v) is 8.73. The molecule has 4 aromatic rings. The van der Waals surface area contributed by atoms with Crippen molar-refractivity contribution in [3.05, 3.63) is 79.0 Å². The lowest BCUT2D eigenvalue weighted by Gasteiger charge is -2.40. The molecule has 0 radical (unpaired) electrons. The van der Waals surface area contributed by atoms with Gasteiger partial charge in [0.05, 0.1) is 29.2 Å². The number of aliphatic hydroxyl groups is 1. The third-order valence-corrected chi connectivity index (χ3v) is 6.27. The van der Waals surface area contributed by atoms with Crippen LogP contribution in [0.2, 0.25) is 0 Å². The number of rotatable bonds is 4. The molecule has 0 bridgehead atoms. The number of anilines is 2. The molecule has 5 rings (SSSR count). The van der Waals surface area contributed by atoms with Gasteiger partial charge >= 0.3 is 0 Å². The summed E-state index contributed by atoms with van der Waals surface area (Å²) < 4.78 is 0. The van der Waals surface area contributed by atoms with E-state index in [0.29, 0.717) is 24.5 Å². The molecule has 8 heteroatoms. The number of hydrogen-bond acceptors (Lipinski definition) is 7. The molecular formula is C26H26N6O2. The molecule has 4 heterocycles. The van der Waals surface area contributed by atoms with Gasteiger partial charge in [0, 0.05) is 54.6 Å². The second kappa shape index (κ2) is 9.17. The fourth-order valence-corrected chi connectivity index (χ4v) is 4.41. The number of aromatic nitrogens is 3. The number of nitrogens with one attached hydrogen (secondary N) is 1. The van der Waals surface area contributed by atoms with E-state index in [-0.39, 0.29) is 17.9 Å². The number of aliphatic hydroxyl groups excluding tert-OH is 1. The van der Waals surface area contributed by atoms with Crippen LogP contribution in [0.15, 0.2) is 73.3 Å². The maximum Gasteiger partial charge on any atom is 0.274 e. The molecule has 1 aliphatic heterocycles. The van der Waals surface area contributed by atoms with Crippen molar-refractivity contribution in [2.75, 3.05) is 23.3 Å². The van der Waals surface area contributed by atoms with Crippen molar-refractivity contribution in [3.8, 4) is 11.1 Å². The normalized spacial score (nSPS) is 20.3. The van der Waals surface area contributed by atoms with Gasteiger partial charge in [-0.3, -0.25) is 14.8 Å². The van der Waals surface area contributed by atoms with Gasteiger partial charge < -0.3 is 21.1 Å². The average molecular weight is 455 g/mol. The SMILES string of the molecule is CC1CN(c2ccncc2NC(=O)c2ccc3ccc(-c4cccnc4)cc3n2)CC(N)C1O. The third-order valence-electron chi connectivity index (χ3n) is 6.27. The molecule has 1 fully saturated rings. The van der Waals surface area contributed by atoms with E-state index in [1.807, 2.05) is 49.4 Å². The lowest BCUT2D eigenvalue weighted by Crippen LogP contribution is -2.55. The summed E-state index contributed by atoms with van der Waals surface area (Å²) in [5.41, 5.74) is 10.5. The molecule has 0 saturated carbocycles. The Bertz CT molecular complexity index is 1320. The number of carbonyl (C=O) groups is 1. The van der Waals surface area contributed by atoms with Crippen molar-refractivity contribution in [3.63, 3.8) is 0 Å². The van der Waals surface area contributed by atoms with Crippen LogP contribution in [0.25, 0.3) is 22.0 Å². The smallest absolute Gasteiger partial charge is 0.274 e. The first-order chi connectivity index (χ1) is 16.5. The summed E-state index contributed by atoms with van der Waals surface area (Å²) in [6, 6.07) is 14.9. The highest BCUT2D eigenvalue weighted by atomic mass is 16.3. The van der Waals surface area contributed by atoms with Crippen LogP contribution in [-0.2, 0) is 0 Å². The van der Waals surface area contributed by atoms with E-state index < -0.39 is 6.10 Å². The Hall–Kier alpha value is -3.88. The highest BCUT2D eigenvalue weighted by molar-refractivity contribution is 6.05. The Morgan fingerprint density at radius 2 is 1.88 bits per heavy atom. The molecule has 8 nitrogen and oxygen atoms in total. The highest BCUT2D eigenvalue weighted by Gasteiger charge is 2.32. The largest absolute Gasteiger partial charge is 0.391 e. The molecule has 34 heavy (non-hydrogen) atoms. The lowest BCUT2D eigenvalue weighted by atomic mass is 9.92. The zero-order chi connectivity index (χ0) is 23.7. The van der Waals surface area contributed by atoms with E-state index in [9.17, 15) is 9.90 Å². The Morgan fingerprint density at radius 1 is 1.06 bits per heavy atom. The van der Waals surface area contributed by atoms with Crippen molar-refractivity contribution in [2.24, 2.45) is 11.7 Å². The van der Waals surface area contributed by atoms with Crippen LogP contribution >= 0.6 is 0 Å². The average Bonchev–Trinajstić information content (AvgIpc) is 2.87. The standard InChI is InChI=1S/C26H26N6O2/c1-16-14-32(15-20(27)25(16)33)24-8-10-29-13-23(24)31-26(34)21-7-6-17-4-5-18(11-22(17)30-21)19-3-2-9-28-12-19/h2-13,16,20,25,33H,14-15,27H2,1H3,(H,31,34).